The van der Waals surface area contributed by atoms with E-state index in [9.17, 15) is 4.79 Å². The van der Waals surface area contributed by atoms with E-state index in [1.165, 1.54) is 12.3 Å². The van der Waals surface area contributed by atoms with E-state index >= 15 is 0 Å². The van der Waals surface area contributed by atoms with E-state index < -0.39 is 6.04 Å². The van der Waals surface area contributed by atoms with Crippen LogP contribution in [0.1, 0.15) is 11.7 Å². The highest BCUT2D eigenvalue weighted by Crippen LogP contribution is 2.34. The van der Waals surface area contributed by atoms with E-state index in [0.717, 1.165) is 5.69 Å². The highest BCUT2D eigenvalue weighted by atomic mass is 16.7. The molecule has 1 unspecified atom stereocenters. The van der Waals surface area contributed by atoms with Crippen molar-refractivity contribution in [1.29, 1.82) is 0 Å². The van der Waals surface area contributed by atoms with E-state index in [1.54, 1.807) is 16.9 Å². The van der Waals surface area contributed by atoms with E-state index in [-0.39, 0.29) is 12.6 Å². The zero-order chi connectivity index (χ0) is 14.2. The van der Waals surface area contributed by atoms with Crippen molar-refractivity contribution in [3.8, 4) is 17.2 Å². The first-order valence-electron chi connectivity index (χ1n) is 6.37. The average molecular weight is 282 g/mol. The summed E-state index contributed by atoms with van der Waals surface area (Å²) in [7, 11) is 0. The second-order valence-corrected chi connectivity index (χ2v) is 4.56. The number of ether oxygens (including phenoxy) is 2. The predicted octanol–water partition coefficient (Wildman–Crippen LogP) is 2.19. The van der Waals surface area contributed by atoms with Crippen molar-refractivity contribution < 1.29 is 14.3 Å². The smallest absolute Gasteiger partial charge is 0.231 e. The highest BCUT2D eigenvalue weighted by Gasteiger charge is 2.25. The Morgan fingerprint density at radius 2 is 2.10 bits per heavy atom. The SMILES string of the molecule is O=C1C=CN=NC1c1ccnn1-c1ccc2c(c1)OCO2. The number of rotatable bonds is 2. The lowest BCUT2D eigenvalue weighted by Gasteiger charge is -2.13. The third-order valence-corrected chi connectivity index (χ3v) is 3.31. The molecular weight excluding hydrogens is 272 g/mol. The van der Waals surface area contributed by atoms with Gasteiger partial charge in [-0.2, -0.15) is 15.3 Å². The number of ketones is 1. The minimum absolute atomic E-state index is 0.118. The second-order valence-electron chi connectivity index (χ2n) is 4.56. The number of hydrogen-bond acceptors (Lipinski definition) is 6. The lowest BCUT2D eigenvalue weighted by atomic mass is 10.1. The molecule has 0 saturated heterocycles. The lowest BCUT2D eigenvalue weighted by molar-refractivity contribution is -0.116. The Kier molecular flexibility index (Phi) is 2.56. The van der Waals surface area contributed by atoms with E-state index in [4.69, 9.17) is 9.47 Å². The molecule has 3 heterocycles. The van der Waals surface area contributed by atoms with Crippen LogP contribution in [0.2, 0.25) is 0 Å². The Bertz CT molecular complexity index is 778. The van der Waals surface area contributed by atoms with Crippen LogP contribution in [0.15, 0.2) is 53.0 Å². The topological polar surface area (TPSA) is 78.1 Å². The standard InChI is InChI=1S/C14H10N4O3/c19-11-4-5-15-17-14(11)10-3-6-16-18(10)9-1-2-12-13(7-9)21-8-20-12/h1-7,14H,8H2. The molecule has 1 atom stereocenters. The molecule has 0 amide bonds. The van der Waals surface area contributed by atoms with Crippen molar-refractivity contribution in [2.45, 2.75) is 6.04 Å². The molecule has 0 aliphatic carbocycles. The van der Waals surface area contributed by atoms with Gasteiger partial charge in [0.25, 0.3) is 0 Å². The van der Waals surface area contributed by atoms with Crippen molar-refractivity contribution in [3.05, 3.63) is 48.4 Å². The van der Waals surface area contributed by atoms with Crippen molar-refractivity contribution in [1.82, 2.24) is 9.78 Å². The highest BCUT2D eigenvalue weighted by molar-refractivity contribution is 5.95. The number of carbonyl (C=O) groups is 1. The summed E-state index contributed by atoms with van der Waals surface area (Å²) < 4.78 is 12.3. The molecule has 2 aliphatic heterocycles. The quantitative estimate of drug-likeness (QED) is 0.845. The van der Waals surface area contributed by atoms with E-state index in [2.05, 4.69) is 15.3 Å². The van der Waals surface area contributed by atoms with Crippen molar-refractivity contribution in [2.24, 2.45) is 10.2 Å². The van der Waals surface area contributed by atoms with Gasteiger partial charge in [0.05, 0.1) is 17.6 Å². The van der Waals surface area contributed by atoms with Gasteiger partial charge in [-0.3, -0.25) is 4.79 Å². The van der Waals surface area contributed by atoms with Crippen LogP contribution in [-0.4, -0.2) is 22.4 Å². The van der Waals surface area contributed by atoms with Crippen molar-refractivity contribution in [2.75, 3.05) is 6.79 Å². The fourth-order valence-corrected chi connectivity index (χ4v) is 2.32. The molecule has 0 fully saturated rings. The maximum atomic E-state index is 11.9. The maximum absolute atomic E-state index is 11.9. The molecule has 0 radical (unpaired) electrons. The summed E-state index contributed by atoms with van der Waals surface area (Å²) in [5.41, 5.74) is 1.43. The van der Waals surface area contributed by atoms with Gasteiger partial charge >= 0.3 is 0 Å². The van der Waals surface area contributed by atoms with Gasteiger partial charge in [0.1, 0.15) is 0 Å². The number of nitrogens with zero attached hydrogens (tertiary/aromatic N) is 4. The third-order valence-electron chi connectivity index (χ3n) is 3.31. The number of benzene rings is 1. The van der Waals surface area contributed by atoms with Crippen LogP contribution >= 0.6 is 0 Å². The first kappa shape index (κ1) is 11.8. The Balaban J connectivity index is 1.77. The van der Waals surface area contributed by atoms with Gasteiger partial charge in [-0.1, -0.05) is 0 Å². The molecule has 104 valence electrons. The van der Waals surface area contributed by atoms with Gasteiger partial charge in [0.2, 0.25) is 6.79 Å². The normalized spacial score (nSPS) is 19.2. The Morgan fingerprint density at radius 1 is 1.19 bits per heavy atom. The predicted molar refractivity (Wildman–Crippen MR) is 71.4 cm³/mol. The molecule has 0 spiro atoms. The van der Waals surface area contributed by atoms with E-state index in [0.29, 0.717) is 17.2 Å². The largest absolute Gasteiger partial charge is 0.454 e. The zero-order valence-electron chi connectivity index (χ0n) is 10.8. The molecular formula is C14H10N4O3. The molecule has 7 nitrogen and oxygen atoms in total. The summed E-state index contributed by atoms with van der Waals surface area (Å²) in [4.78, 5) is 11.9. The molecule has 7 heteroatoms. The number of aromatic nitrogens is 2. The lowest BCUT2D eigenvalue weighted by Crippen LogP contribution is -2.14. The zero-order valence-corrected chi connectivity index (χ0v) is 10.8. The summed E-state index contributed by atoms with van der Waals surface area (Å²) >= 11 is 0. The van der Waals surface area contributed by atoms with Crippen LogP contribution < -0.4 is 9.47 Å². The van der Waals surface area contributed by atoms with Gasteiger partial charge in [0, 0.05) is 18.3 Å². The van der Waals surface area contributed by atoms with Crippen LogP contribution in [-0.2, 0) is 4.79 Å². The number of hydrogen-bond donors (Lipinski definition) is 0. The maximum Gasteiger partial charge on any atom is 0.231 e. The summed E-state index contributed by atoms with van der Waals surface area (Å²) in [6.07, 6.45) is 4.43. The van der Waals surface area contributed by atoms with Crippen molar-refractivity contribution >= 4 is 5.78 Å². The third kappa shape index (κ3) is 1.90. The molecule has 21 heavy (non-hydrogen) atoms. The first-order valence-corrected chi connectivity index (χ1v) is 6.37. The first-order chi connectivity index (χ1) is 10.3. The Labute approximate surface area is 119 Å². The Morgan fingerprint density at radius 3 is 3.00 bits per heavy atom. The molecule has 0 N–H and O–H groups in total. The second kappa shape index (κ2) is 4.55. The van der Waals surface area contributed by atoms with Gasteiger partial charge in [-0.25, -0.2) is 4.68 Å². The van der Waals surface area contributed by atoms with Crippen LogP contribution in [0.5, 0.6) is 11.5 Å². The van der Waals surface area contributed by atoms with Gasteiger partial charge in [0.15, 0.2) is 23.3 Å². The minimum Gasteiger partial charge on any atom is -0.454 e. The molecule has 0 saturated carbocycles. The monoisotopic (exact) mass is 282 g/mol. The van der Waals surface area contributed by atoms with E-state index in [1.807, 2.05) is 18.2 Å². The van der Waals surface area contributed by atoms with Crippen molar-refractivity contribution in [3.63, 3.8) is 0 Å². The summed E-state index contributed by atoms with van der Waals surface area (Å²) in [5.74, 6) is 1.24. The van der Waals surface area contributed by atoms with Crippen LogP contribution in [0.3, 0.4) is 0 Å². The van der Waals surface area contributed by atoms with Gasteiger partial charge in [-0.05, 0) is 18.2 Å². The van der Waals surface area contributed by atoms with Crippen LogP contribution in [0.25, 0.3) is 5.69 Å². The molecule has 0 bridgehead atoms. The number of azo groups is 1. The molecule has 1 aromatic heterocycles. The average Bonchev–Trinajstić information content (AvgIpc) is 3.15. The molecule has 1 aromatic carbocycles. The minimum atomic E-state index is -0.664. The fraction of sp³-hybridized carbons (Fsp3) is 0.143. The van der Waals surface area contributed by atoms with Gasteiger partial charge in [-0.15, -0.1) is 0 Å². The van der Waals surface area contributed by atoms with Gasteiger partial charge < -0.3 is 9.47 Å². The number of carbonyl (C=O) groups excluding carboxylic acids is 1. The summed E-state index contributed by atoms with van der Waals surface area (Å²) in [6, 6.07) is 6.57. The fourth-order valence-electron chi connectivity index (χ4n) is 2.32. The summed E-state index contributed by atoms with van der Waals surface area (Å²) in [6.45, 7) is 0.213. The van der Waals surface area contributed by atoms with Crippen LogP contribution in [0, 0.1) is 0 Å². The summed E-state index contributed by atoms with van der Waals surface area (Å²) in [5, 5.41) is 12.0. The number of fused-ring (bicyclic) bond motifs is 1. The Hall–Kier alpha value is -2.96. The molecule has 2 aromatic rings. The molecule has 2 aliphatic rings. The van der Waals surface area contributed by atoms with Crippen LogP contribution in [0.4, 0.5) is 0 Å². The molecule has 4 rings (SSSR count).